The molecular formula is C24H23N3O4S. The Morgan fingerprint density at radius 1 is 1.03 bits per heavy atom. The molecule has 0 unspecified atom stereocenters. The van der Waals surface area contributed by atoms with E-state index >= 15 is 0 Å². The zero-order chi connectivity index (χ0) is 22.8. The molecule has 0 saturated heterocycles. The molecule has 0 aliphatic carbocycles. The number of carbonyl (C=O) groups is 1. The molecule has 0 bridgehead atoms. The number of aromatic nitrogens is 2. The first-order valence-corrected chi connectivity index (χ1v) is 11.0. The third-order valence-corrected chi connectivity index (χ3v) is 6.34. The second kappa shape index (κ2) is 8.84. The normalized spacial score (nSPS) is 11.0. The molecule has 0 saturated carbocycles. The van der Waals surface area contributed by atoms with Gasteiger partial charge in [-0.2, -0.15) is 0 Å². The van der Waals surface area contributed by atoms with E-state index in [2.05, 4.69) is 5.32 Å². The van der Waals surface area contributed by atoms with Gasteiger partial charge in [-0.3, -0.25) is 18.7 Å². The van der Waals surface area contributed by atoms with Crippen LogP contribution in [0.4, 0.5) is 5.69 Å². The van der Waals surface area contributed by atoms with E-state index in [-0.39, 0.29) is 24.6 Å². The van der Waals surface area contributed by atoms with Gasteiger partial charge in [-0.15, -0.1) is 11.3 Å². The van der Waals surface area contributed by atoms with Gasteiger partial charge in [0.25, 0.3) is 5.56 Å². The summed E-state index contributed by atoms with van der Waals surface area (Å²) in [4.78, 5) is 39.1. The maximum atomic E-state index is 13.3. The highest BCUT2D eigenvalue weighted by molar-refractivity contribution is 7.17. The summed E-state index contributed by atoms with van der Waals surface area (Å²) in [5.41, 5.74) is 3.09. The average Bonchev–Trinajstić information content (AvgIpc) is 3.27. The fraction of sp³-hybridized carbons (Fsp3) is 0.208. The van der Waals surface area contributed by atoms with Crippen LogP contribution in [0, 0.1) is 13.8 Å². The molecule has 4 rings (SSSR count). The van der Waals surface area contributed by atoms with Crippen molar-refractivity contribution >= 4 is 33.1 Å². The highest BCUT2D eigenvalue weighted by Crippen LogP contribution is 2.20. The monoisotopic (exact) mass is 449 g/mol. The molecule has 0 aliphatic heterocycles. The van der Waals surface area contributed by atoms with Gasteiger partial charge in [-0.05, 0) is 54.6 Å². The lowest BCUT2D eigenvalue weighted by Crippen LogP contribution is -2.41. The van der Waals surface area contributed by atoms with E-state index in [1.807, 2.05) is 44.2 Å². The Labute approximate surface area is 188 Å². The van der Waals surface area contributed by atoms with Crippen molar-refractivity contribution in [2.75, 3.05) is 12.4 Å². The quantitative estimate of drug-likeness (QED) is 0.488. The summed E-state index contributed by atoms with van der Waals surface area (Å²) >= 11 is 1.25. The standard InChI is InChI=1S/C24H23N3O4S/c1-15-8-9-18(12-16(15)2)25-21(28)14-26-19-10-11-32-22(19)23(29)27(24(26)30)13-17-6-4-5-7-20(17)31-3/h4-12H,13-14H2,1-3H3,(H,25,28). The number of amides is 1. The summed E-state index contributed by atoms with van der Waals surface area (Å²) in [7, 11) is 1.54. The number of thiophene rings is 1. The number of anilines is 1. The molecule has 1 amide bonds. The number of methoxy groups -OCH3 is 1. The van der Waals surface area contributed by atoms with Crippen LogP contribution in [0.2, 0.25) is 0 Å². The number of hydrogen-bond donors (Lipinski definition) is 1. The van der Waals surface area contributed by atoms with Crippen molar-refractivity contribution in [1.29, 1.82) is 0 Å². The van der Waals surface area contributed by atoms with Crippen LogP contribution in [0.1, 0.15) is 16.7 Å². The first kappa shape index (κ1) is 21.6. The van der Waals surface area contributed by atoms with Crippen LogP contribution in [0.3, 0.4) is 0 Å². The van der Waals surface area contributed by atoms with Crippen LogP contribution >= 0.6 is 11.3 Å². The molecule has 2 heterocycles. The Morgan fingerprint density at radius 2 is 1.81 bits per heavy atom. The van der Waals surface area contributed by atoms with E-state index in [4.69, 9.17) is 4.74 Å². The Kier molecular flexibility index (Phi) is 5.96. The van der Waals surface area contributed by atoms with Crippen molar-refractivity contribution < 1.29 is 9.53 Å². The molecule has 2 aromatic carbocycles. The largest absolute Gasteiger partial charge is 0.496 e. The minimum atomic E-state index is -0.540. The predicted octanol–water partition coefficient (Wildman–Crippen LogP) is 3.54. The summed E-state index contributed by atoms with van der Waals surface area (Å²) in [6, 6.07) is 14.6. The summed E-state index contributed by atoms with van der Waals surface area (Å²) < 4.78 is 8.29. The number of para-hydroxylation sites is 1. The number of aryl methyl sites for hydroxylation is 2. The van der Waals surface area contributed by atoms with E-state index in [1.165, 1.54) is 15.9 Å². The van der Waals surface area contributed by atoms with Crippen molar-refractivity contribution in [3.63, 3.8) is 0 Å². The first-order valence-electron chi connectivity index (χ1n) is 10.1. The number of nitrogens with zero attached hydrogens (tertiary/aromatic N) is 2. The number of benzene rings is 2. The van der Waals surface area contributed by atoms with Gasteiger partial charge in [-0.25, -0.2) is 4.79 Å². The lowest BCUT2D eigenvalue weighted by Gasteiger charge is -2.14. The van der Waals surface area contributed by atoms with Gasteiger partial charge < -0.3 is 10.1 Å². The molecule has 32 heavy (non-hydrogen) atoms. The molecule has 0 fully saturated rings. The van der Waals surface area contributed by atoms with Gasteiger partial charge in [0.15, 0.2) is 0 Å². The van der Waals surface area contributed by atoms with Crippen LogP contribution in [0.15, 0.2) is 63.5 Å². The Balaban J connectivity index is 1.72. The van der Waals surface area contributed by atoms with Gasteiger partial charge in [0.05, 0.1) is 19.2 Å². The third-order valence-electron chi connectivity index (χ3n) is 5.45. The molecule has 1 N–H and O–H groups in total. The zero-order valence-electron chi connectivity index (χ0n) is 18.0. The zero-order valence-corrected chi connectivity index (χ0v) is 18.9. The van der Waals surface area contributed by atoms with E-state index in [1.54, 1.807) is 30.7 Å². The van der Waals surface area contributed by atoms with Crippen LogP contribution in [0.25, 0.3) is 10.2 Å². The summed E-state index contributed by atoms with van der Waals surface area (Å²) in [5.74, 6) is 0.245. The Morgan fingerprint density at radius 3 is 2.56 bits per heavy atom. The molecule has 0 spiro atoms. The molecule has 4 aromatic rings. The van der Waals surface area contributed by atoms with E-state index in [9.17, 15) is 14.4 Å². The van der Waals surface area contributed by atoms with E-state index < -0.39 is 5.69 Å². The fourth-order valence-electron chi connectivity index (χ4n) is 3.59. The molecule has 164 valence electrons. The average molecular weight is 450 g/mol. The summed E-state index contributed by atoms with van der Waals surface area (Å²) in [6.07, 6.45) is 0. The molecular weight excluding hydrogens is 426 g/mol. The minimum absolute atomic E-state index is 0.0499. The highest BCUT2D eigenvalue weighted by atomic mass is 32.1. The van der Waals surface area contributed by atoms with E-state index in [0.717, 1.165) is 15.7 Å². The minimum Gasteiger partial charge on any atom is -0.496 e. The number of fused-ring (bicyclic) bond motifs is 1. The van der Waals surface area contributed by atoms with Gasteiger partial charge in [0.2, 0.25) is 5.91 Å². The van der Waals surface area contributed by atoms with Crippen molar-refractivity contribution in [1.82, 2.24) is 9.13 Å². The molecule has 7 nitrogen and oxygen atoms in total. The number of nitrogens with one attached hydrogen (secondary N) is 1. The van der Waals surface area contributed by atoms with Crippen LogP contribution in [-0.2, 0) is 17.9 Å². The first-order chi connectivity index (χ1) is 15.4. The smallest absolute Gasteiger partial charge is 0.332 e. The second-order valence-corrected chi connectivity index (χ2v) is 8.47. The van der Waals surface area contributed by atoms with Crippen molar-refractivity contribution in [3.8, 4) is 5.75 Å². The fourth-order valence-corrected chi connectivity index (χ4v) is 4.44. The number of hydrogen-bond acceptors (Lipinski definition) is 5. The number of ether oxygens (including phenoxy) is 1. The van der Waals surface area contributed by atoms with Crippen molar-refractivity contribution in [2.45, 2.75) is 26.9 Å². The Bertz CT molecular complexity index is 1430. The summed E-state index contributed by atoms with van der Waals surface area (Å²) in [6.45, 7) is 3.82. The van der Waals surface area contributed by atoms with Gasteiger partial charge in [0, 0.05) is 11.3 Å². The van der Waals surface area contributed by atoms with Gasteiger partial charge in [0.1, 0.15) is 17.0 Å². The van der Waals surface area contributed by atoms with Crippen molar-refractivity contribution in [3.05, 3.63) is 91.4 Å². The van der Waals surface area contributed by atoms with Crippen LogP contribution < -0.4 is 21.3 Å². The van der Waals surface area contributed by atoms with Crippen LogP contribution in [-0.4, -0.2) is 22.2 Å². The third kappa shape index (κ3) is 4.09. The van der Waals surface area contributed by atoms with Crippen LogP contribution in [0.5, 0.6) is 5.75 Å². The van der Waals surface area contributed by atoms with Crippen molar-refractivity contribution in [2.24, 2.45) is 0 Å². The van der Waals surface area contributed by atoms with E-state index in [0.29, 0.717) is 27.2 Å². The Hall–Kier alpha value is -3.65. The number of carbonyl (C=O) groups excluding carboxylic acids is 1. The van der Waals surface area contributed by atoms with Gasteiger partial charge >= 0.3 is 5.69 Å². The lowest BCUT2D eigenvalue weighted by molar-refractivity contribution is -0.116. The highest BCUT2D eigenvalue weighted by Gasteiger charge is 2.18. The topological polar surface area (TPSA) is 82.3 Å². The summed E-state index contributed by atoms with van der Waals surface area (Å²) in [5, 5.41) is 4.59. The molecule has 0 radical (unpaired) electrons. The second-order valence-electron chi connectivity index (χ2n) is 7.55. The molecule has 0 atom stereocenters. The maximum Gasteiger partial charge on any atom is 0.332 e. The maximum absolute atomic E-state index is 13.3. The molecule has 8 heteroatoms. The lowest BCUT2D eigenvalue weighted by atomic mass is 10.1. The number of rotatable bonds is 6. The predicted molar refractivity (Wildman–Crippen MR) is 127 cm³/mol. The van der Waals surface area contributed by atoms with Gasteiger partial charge in [-0.1, -0.05) is 24.3 Å². The SMILES string of the molecule is COc1ccccc1Cn1c(=O)c2sccc2n(CC(=O)Nc2ccc(C)c(C)c2)c1=O. The molecule has 2 aromatic heterocycles. The molecule has 0 aliphatic rings.